The molecule has 1 amide bonds. The highest BCUT2D eigenvalue weighted by Gasteiger charge is 2.30. The second kappa shape index (κ2) is 9.26. The molecule has 0 spiro atoms. The summed E-state index contributed by atoms with van der Waals surface area (Å²) in [5.41, 5.74) is 11.9. The molecule has 1 atom stereocenters. The van der Waals surface area contributed by atoms with E-state index in [1.807, 2.05) is 24.3 Å². The van der Waals surface area contributed by atoms with E-state index in [-0.39, 0.29) is 12.5 Å². The summed E-state index contributed by atoms with van der Waals surface area (Å²) in [5, 5.41) is 6.14. The van der Waals surface area contributed by atoms with Crippen molar-refractivity contribution >= 4 is 12.4 Å². The lowest BCUT2D eigenvalue weighted by atomic mass is 9.97. The van der Waals surface area contributed by atoms with Crippen LogP contribution in [0.3, 0.4) is 0 Å². The van der Waals surface area contributed by atoms with Crippen LogP contribution in [0.2, 0.25) is 0 Å². The molecule has 150 valence electrons. The summed E-state index contributed by atoms with van der Waals surface area (Å²) in [7, 11) is 0. The van der Waals surface area contributed by atoms with Gasteiger partial charge in [0.1, 0.15) is 12.9 Å². The van der Waals surface area contributed by atoms with Crippen LogP contribution in [0.5, 0.6) is 0 Å². The molecule has 7 heteroatoms. The molecule has 0 fully saturated rings. The number of nitrogens with zero attached hydrogens (tertiary/aromatic N) is 3. The van der Waals surface area contributed by atoms with Crippen molar-refractivity contribution in [2.75, 3.05) is 13.2 Å². The Balaban J connectivity index is 1.60. The Labute approximate surface area is 169 Å². The van der Waals surface area contributed by atoms with Gasteiger partial charge in [0.05, 0.1) is 5.54 Å². The highest BCUT2D eigenvalue weighted by molar-refractivity contribution is 5.79. The number of unbranched alkanes of at least 4 members (excludes halogenated alkanes) is 1. The van der Waals surface area contributed by atoms with Gasteiger partial charge in [-0.1, -0.05) is 60.1 Å². The van der Waals surface area contributed by atoms with Crippen molar-refractivity contribution in [2.24, 2.45) is 5.11 Å². The molecule has 2 aromatic carbocycles. The monoisotopic (exact) mass is 392 g/mol. The van der Waals surface area contributed by atoms with Gasteiger partial charge in [-0.3, -0.25) is 0 Å². The number of hydrogen-bond acceptors (Lipinski definition) is 4. The molecule has 2 aromatic rings. The zero-order valence-corrected chi connectivity index (χ0v) is 16.4. The third-order valence-corrected chi connectivity index (χ3v) is 5.26. The van der Waals surface area contributed by atoms with Crippen LogP contribution >= 0.6 is 0 Å². The van der Waals surface area contributed by atoms with E-state index in [0.29, 0.717) is 25.8 Å². The molecule has 0 heterocycles. The van der Waals surface area contributed by atoms with E-state index in [2.05, 4.69) is 39.6 Å². The fourth-order valence-corrected chi connectivity index (χ4v) is 3.74. The number of rotatable bonds is 9. The van der Waals surface area contributed by atoms with Crippen molar-refractivity contribution in [3.8, 4) is 11.1 Å². The number of hydrogen-bond donors (Lipinski definition) is 1. The maximum Gasteiger partial charge on any atom is 0.407 e. The third kappa shape index (κ3) is 4.76. The summed E-state index contributed by atoms with van der Waals surface area (Å²) < 4.78 is 5.51. The van der Waals surface area contributed by atoms with Crippen molar-refractivity contribution < 1.29 is 14.3 Å². The van der Waals surface area contributed by atoms with Gasteiger partial charge in [0.25, 0.3) is 0 Å². The molecule has 0 aliphatic heterocycles. The molecule has 29 heavy (non-hydrogen) atoms. The smallest absolute Gasteiger partial charge is 0.407 e. The first-order valence-corrected chi connectivity index (χ1v) is 9.68. The van der Waals surface area contributed by atoms with Crippen molar-refractivity contribution in [2.45, 2.75) is 37.6 Å². The Bertz CT molecular complexity index is 894. The van der Waals surface area contributed by atoms with Crippen LogP contribution in [-0.4, -0.2) is 31.1 Å². The predicted octanol–water partition coefficient (Wildman–Crippen LogP) is 4.96. The largest absolute Gasteiger partial charge is 0.449 e. The van der Waals surface area contributed by atoms with E-state index in [9.17, 15) is 9.59 Å². The van der Waals surface area contributed by atoms with E-state index in [1.54, 1.807) is 6.92 Å². The second-order valence-corrected chi connectivity index (χ2v) is 7.40. The van der Waals surface area contributed by atoms with Gasteiger partial charge in [0.2, 0.25) is 0 Å². The number of benzene rings is 2. The number of carbonyl (C=O) groups is 2. The summed E-state index contributed by atoms with van der Waals surface area (Å²) in [4.78, 5) is 26.6. The average Bonchev–Trinajstić information content (AvgIpc) is 3.06. The highest BCUT2D eigenvalue weighted by atomic mass is 16.5. The lowest BCUT2D eigenvalue weighted by molar-refractivity contribution is -0.113. The number of amides is 1. The number of carbonyl (C=O) groups excluding carboxylic acids is 2. The predicted molar refractivity (Wildman–Crippen MR) is 111 cm³/mol. The maximum absolute atomic E-state index is 12.4. The van der Waals surface area contributed by atoms with Crippen LogP contribution in [-0.2, 0) is 9.53 Å². The topological polar surface area (TPSA) is 104 Å². The molecule has 1 aliphatic rings. The number of nitrogens with one attached hydrogen (secondary N) is 1. The van der Waals surface area contributed by atoms with Gasteiger partial charge in [-0.05, 0) is 47.6 Å². The Hall–Kier alpha value is -3.31. The molecule has 3 rings (SSSR count). The summed E-state index contributed by atoms with van der Waals surface area (Å²) in [6, 6.07) is 16.2. The number of aldehydes is 1. The van der Waals surface area contributed by atoms with Crippen LogP contribution in [0.15, 0.2) is 53.6 Å². The minimum absolute atomic E-state index is 0.0283. The van der Waals surface area contributed by atoms with Gasteiger partial charge in [-0.2, -0.15) is 0 Å². The molecule has 0 unspecified atom stereocenters. The highest BCUT2D eigenvalue weighted by Crippen LogP contribution is 2.44. The first kappa shape index (κ1) is 20.4. The minimum atomic E-state index is -1.01. The van der Waals surface area contributed by atoms with E-state index in [4.69, 9.17) is 10.3 Å². The average molecular weight is 392 g/mol. The van der Waals surface area contributed by atoms with Gasteiger partial charge < -0.3 is 14.8 Å². The zero-order chi connectivity index (χ0) is 20.7. The molecule has 0 aromatic heterocycles. The van der Waals surface area contributed by atoms with E-state index in [0.717, 1.165) is 28.5 Å². The third-order valence-electron chi connectivity index (χ3n) is 5.26. The molecule has 1 N–H and O–H groups in total. The lowest BCUT2D eigenvalue weighted by Gasteiger charge is -2.24. The van der Waals surface area contributed by atoms with E-state index < -0.39 is 11.6 Å². The molecular weight excluding hydrogens is 368 g/mol. The summed E-state index contributed by atoms with van der Waals surface area (Å²) >= 11 is 0. The Morgan fingerprint density at radius 1 is 1.17 bits per heavy atom. The minimum Gasteiger partial charge on any atom is -0.449 e. The molecule has 0 radical (unpaired) electrons. The fraction of sp³-hybridized carbons (Fsp3) is 0.364. The lowest BCUT2D eigenvalue weighted by Crippen LogP contribution is -2.47. The zero-order valence-electron chi connectivity index (χ0n) is 16.4. The van der Waals surface area contributed by atoms with Crippen LogP contribution in [0.4, 0.5) is 4.79 Å². The molecular formula is C22H24N4O3. The number of ether oxygens (including phenoxy) is 1. The van der Waals surface area contributed by atoms with Crippen molar-refractivity contribution in [3.05, 3.63) is 70.1 Å². The van der Waals surface area contributed by atoms with Gasteiger partial charge in [-0.15, -0.1) is 0 Å². The van der Waals surface area contributed by atoms with Crippen molar-refractivity contribution in [3.63, 3.8) is 0 Å². The maximum atomic E-state index is 12.4. The normalized spacial score (nSPS) is 14.1. The standard InChI is InChI=1S/C22H24N4O3/c1-22(15-27,12-6-7-13-24-26-23)25-21(28)29-14-20-18-10-4-2-8-16(18)17-9-3-5-11-19(17)20/h2-5,8-11,15,20H,6-7,12-14H2,1H3,(H,25,28)/t22-/m0/s1. The summed E-state index contributed by atoms with van der Waals surface area (Å²) in [6.07, 6.45) is 1.86. The SMILES string of the molecule is C[C@@](C=O)(CCCCN=[N+]=[N-])NC(=O)OCC1c2ccccc2-c2ccccc21. The first-order valence-electron chi connectivity index (χ1n) is 9.68. The Morgan fingerprint density at radius 3 is 2.38 bits per heavy atom. The van der Waals surface area contributed by atoms with E-state index >= 15 is 0 Å². The molecule has 7 nitrogen and oxygen atoms in total. The van der Waals surface area contributed by atoms with Gasteiger partial charge in [0.15, 0.2) is 0 Å². The molecule has 0 bridgehead atoms. The van der Waals surface area contributed by atoms with Crippen LogP contribution in [0, 0.1) is 0 Å². The van der Waals surface area contributed by atoms with Crippen molar-refractivity contribution in [1.82, 2.24) is 5.32 Å². The van der Waals surface area contributed by atoms with Crippen molar-refractivity contribution in [1.29, 1.82) is 0 Å². The van der Waals surface area contributed by atoms with Crippen LogP contribution in [0.1, 0.15) is 43.2 Å². The van der Waals surface area contributed by atoms with Gasteiger partial charge >= 0.3 is 6.09 Å². The van der Waals surface area contributed by atoms with Gasteiger partial charge in [0, 0.05) is 17.4 Å². The molecule has 0 saturated heterocycles. The van der Waals surface area contributed by atoms with Gasteiger partial charge in [-0.25, -0.2) is 4.79 Å². The Morgan fingerprint density at radius 2 is 1.79 bits per heavy atom. The number of azide groups is 1. The molecule has 0 saturated carbocycles. The first-order chi connectivity index (χ1) is 14.1. The quantitative estimate of drug-likeness (QED) is 0.214. The summed E-state index contributed by atoms with van der Waals surface area (Å²) in [6.45, 7) is 2.23. The Kier molecular flexibility index (Phi) is 6.52. The second-order valence-electron chi connectivity index (χ2n) is 7.40. The van der Waals surface area contributed by atoms with E-state index in [1.165, 1.54) is 0 Å². The molecule has 1 aliphatic carbocycles. The number of alkyl carbamates (subject to hydrolysis) is 1. The summed E-state index contributed by atoms with van der Waals surface area (Å²) in [5.74, 6) is -0.0283. The van der Waals surface area contributed by atoms with Crippen LogP contribution < -0.4 is 5.32 Å². The fourth-order valence-electron chi connectivity index (χ4n) is 3.74. The van der Waals surface area contributed by atoms with Crippen LogP contribution in [0.25, 0.3) is 21.6 Å². The number of fused-ring (bicyclic) bond motifs is 3.